The van der Waals surface area contributed by atoms with E-state index < -0.39 is 0 Å². The number of nitrogens with zero attached hydrogens (tertiary/aromatic N) is 1. The molecule has 1 aromatic rings. The van der Waals surface area contributed by atoms with Crippen molar-refractivity contribution in [3.8, 4) is 0 Å². The molecular formula is C17H22ClNO3. The van der Waals surface area contributed by atoms with E-state index in [-0.39, 0.29) is 11.7 Å². The second kappa shape index (κ2) is 8.69. The molecule has 2 rings (SSSR count). The number of halogens is 1. The van der Waals surface area contributed by atoms with Crippen molar-refractivity contribution in [1.82, 2.24) is 4.90 Å². The largest absolute Gasteiger partial charge is 0.494 e. The van der Waals surface area contributed by atoms with Crippen LogP contribution < -0.4 is 0 Å². The first-order valence-corrected chi connectivity index (χ1v) is 8.07. The van der Waals surface area contributed by atoms with Gasteiger partial charge < -0.3 is 14.4 Å². The third-order valence-electron chi connectivity index (χ3n) is 3.47. The summed E-state index contributed by atoms with van der Waals surface area (Å²) in [6.07, 6.45) is 4.61. The van der Waals surface area contributed by atoms with Crippen LogP contribution in [-0.2, 0) is 20.8 Å². The first kappa shape index (κ1) is 16.7. The third kappa shape index (κ3) is 4.95. The van der Waals surface area contributed by atoms with Gasteiger partial charge in [-0.2, -0.15) is 0 Å². The van der Waals surface area contributed by atoms with Crippen molar-refractivity contribution in [3.05, 3.63) is 46.9 Å². The van der Waals surface area contributed by atoms with Gasteiger partial charge in [0.25, 0.3) is 5.91 Å². The molecule has 0 spiro atoms. The van der Waals surface area contributed by atoms with Gasteiger partial charge in [0.05, 0.1) is 0 Å². The van der Waals surface area contributed by atoms with Gasteiger partial charge in [-0.25, -0.2) is 0 Å². The Morgan fingerprint density at radius 1 is 1.23 bits per heavy atom. The van der Waals surface area contributed by atoms with E-state index in [4.69, 9.17) is 21.1 Å². The topological polar surface area (TPSA) is 38.8 Å². The van der Waals surface area contributed by atoms with Crippen LogP contribution in [-0.4, -0.2) is 30.6 Å². The van der Waals surface area contributed by atoms with E-state index in [1.54, 1.807) is 4.90 Å². The normalized spacial score (nSPS) is 13.8. The van der Waals surface area contributed by atoms with Gasteiger partial charge in [0.2, 0.25) is 5.76 Å². The molecule has 1 aromatic carbocycles. The van der Waals surface area contributed by atoms with Crippen molar-refractivity contribution in [2.75, 3.05) is 19.8 Å². The van der Waals surface area contributed by atoms with E-state index >= 15 is 0 Å². The fraction of sp³-hybridized carbons (Fsp3) is 0.471. The Hall–Kier alpha value is -1.68. The first-order valence-electron chi connectivity index (χ1n) is 7.69. The summed E-state index contributed by atoms with van der Waals surface area (Å²) >= 11 is 5.91. The van der Waals surface area contributed by atoms with Gasteiger partial charge in [0, 0.05) is 18.1 Å². The molecule has 0 saturated heterocycles. The zero-order valence-electron chi connectivity index (χ0n) is 12.9. The molecule has 22 heavy (non-hydrogen) atoms. The van der Waals surface area contributed by atoms with Crippen molar-refractivity contribution >= 4 is 17.5 Å². The molecule has 0 N–H and O–H groups in total. The third-order valence-corrected chi connectivity index (χ3v) is 3.72. The maximum Gasteiger partial charge on any atom is 0.292 e. The summed E-state index contributed by atoms with van der Waals surface area (Å²) < 4.78 is 10.6. The van der Waals surface area contributed by atoms with E-state index in [1.165, 1.54) is 6.26 Å². The summed E-state index contributed by atoms with van der Waals surface area (Å²) in [5.41, 5.74) is 1.05. The number of benzene rings is 1. The Morgan fingerprint density at radius 2 is 2.00 bits per heavy atom. The summed E-state index contributed by atoms with van der Waals surface area (Å²) in [4.78, 5) is 14.4. The summed E-state index contributed by atoms with van der Waals surface area (Å²) in [7, 11) is 0. The van der Waals surface area contributed by atoms with Crippen molar-refractivity contribution in [1.29, 1.82) is 0 Å². The minimum absolute atomic E-state index is 0.120. The molecule has 0 atom stereocenters. The summed E-state index contributed by atoms with van der Waals surface area (Å²) in [5, 5.41) is 0.694. The van der Waals surface area contributed by atoms with Crippen molar-refractivity contribution in [3.63, 3.8) is 0 Å². The van der Waals surface area contributed by atoms with Crippen LogP contribution in [0.5, 0.6) is 0 Å². The summed E-state index contributed by atoms with van der Waals surface area (Å²) in [6.45, 7) is 4.30. The molecule has 0 unspecified atom stereocenters. The van der Waals surface area contributed by atoms with Gasteiger partial charge in [0.15, 0.2) is 0 Å². The molecule has 5 heteroatoms. The minimum atomic E-state index is -0.120. The van der Waals surface area contributed by atoms with Crippen LogP contribution in [0.3, 0.4) is 0 Å². The van der Waals surface area contributed by atoms with Crippen LogP contribution in [0.1, 0.15) is 31.7 Å². The van der Waals surface area contributed by atoms with E-state index in [2.05, 4.69) is 6.92 Å². The lowest BCUT2D eigenvalue weighted by molar-refractivity contribution is -0.133. The molecule has 120 valence electrons. The number of hydrogen-bond donors (Lipinski definition) is 0. The van der Waals surface area contributed by atoms with Crippen molar-refractivity contribution in [2.45, 2.75) is 32.7 Å². The number of ether oxygens (including phenoxy) is 2. The molecule has 0 aliphatic carbocycles. The predicted molar refractivity (Wildman–Crippen MR) is 86.4 cm³/mol. The monoisotopic (exact) mass is 323 g/mol. The molecule has 0 bridgehead atoms. The molecule has 1 aliphatic rings. The van der Waals surface area contributed by atoms with Gasteiger partial charge in [-0.3, -0.25) is 4.79 Å². The Morgan fingerprint density at radius 3 is 2.64 bits per heavy atom. The van der Waals surface area contributed by atoms with E-state index in [9.17, 15) is 4.79 Å². The Kier molecular flexibility index (Phi) is 6.59. The average molecular weight is 324 g/mol. The molecule has 0 saturated carbocycles. The van der Waals surface area contributed by atoms with E-state index in [0.29, 0.717) is 31.3 Å². The highest BCUT2D eigenvalue weighted by molar-refractivity contribution is 6.30. The zero-order chi connectivity index (χ0) is 15.8. The maximum atomic E-state index is 12.6. The number of hydrogen-bond acceptors (Lipinski definition) is 3. The van der Waals surface area contributed by atoms with Crippen LogP contribution >= 0.6 is 11.6 Å². The average Bonchev–Trinajstić information content (AvgIpc) is 2.56. The molecule has 0 radical (unpaired) electrons. The Balaban J connectivity index is 2.05. The minimum Gasteiger partial charge on any atom is -0.494 e. The van der Waals surface area contributed by atoms with Gasteiger partial charge in [-0.15, -0.1) is 0 Å². The molecule has 0 fully saturated rings. The maximum absolute atomic E-state index is 12.6. The van der Waals surface area contributed by atoms with E-state index in [1.807, 2.05) is 24.3 Å². The molecule has 1 amide bonds. The highest BCUT2D eigenvalue weighted by Crippen LogP contribution is 2.15. The van der Waals surface area contributed by atoms with E-state index in [0.717, 1.165) is 24.8 Å². The lowest BCUT2D eigenvalue weighted by Gasteiger charge is -2.25. The molecule has 1 heterocycles. The van der Waals surface area contributed by atoms with Gasteiger partial charge in [-0.1, -0.05) is 43.5 Å². The van der Waals surface area contributed by atoms with Gasteiger partial charge >= 0.3 is 0 Å². The summed E-state index contributed by atoms with van der Waals surface area (Å²) in [5.74, 6) is 0.169. The predicted octanol–water partition coefficient (Wildman–Crippen LogP) is 3.75. The van der Waals surface area contributed by atoms with Crippen LogP contribution in [0.4, 0.5) is 0 Å². The van der Waals surface area contributed by atoms with Gasteiger partial charge in [0.1, 0.15) is 19.5 Å². The van der Waals surface area contributed by atoms with Crippen LogP contribution in [0.2, 0.25) is 5.02 Å². The highest BCUT2D eigenvalue weighted by Gasteiger charge is 2.22. The molecule has 0 aromatic heterocycles. The van der Waals surface area contributed by atoms with Crippen LogP contribution in [0.25, 0.3) is 0 Å². The molecule has 1 aliphatic heterocycles. The lowest BCUT2D eigenvalue weighted by Crippen LogP contribution is -2.34. The quantitative estimate of drug-likeness (QED) is 0.717. The van der Waals surface area contributed by atoms with Crippen LogP contribution in [0.15, 0.2) is 36.3 Å². The lowest BCUT2D eigenvalue weighted by atomic mass is 10.2. The smallest absolute Gasteiger partial charge is 0.292 e. The molecular weight excluding hydrogens is 302 g/mol. The fourth-order valence-electron chi connectivity index (χ4n) is 2.25. The number of rotatable bonds is 7. The standard InChI is InChI=1S/C17H22ClNO3/c1-2-3-4-9-19(12-14-5-7-15(18)8-6-14)17(20)16-13-21-10-11-22-16/h5-8,13H,2-4,9-12H2,1H3. The second-order valence-corrected chi connectivity index (χ2v) is 5.70. The number of unbranched alkanes of at least 4 members (excludes halogenated alkanes) is 2. The fourth-order valence-corrected chi connectivity index (χ4v) is 2.38. The van der Waals surface area contributed by atoms with Crippen molar-refractivity contribution < 1.29 is 14.3 Å². The Labute approximate surface area is 136 Å². The van der Waals surface area contributed by atoms with Crippen LogP contribution in [0, 0.1) is 0 Å². The summed E-state index contributed by atoms with van der Waals surface area (Å²) in [6, 6.07) is 7.56. The second-order valence-electron chi connectivity index (χ2n) is 5.26. The number of carbonyl (C=O) groups is 1. The zero-order valence-corrected chi connectivity index (χ0v) is 13.6. The SMILES string of the molecule is CCCCCN(Cc1ccc(Cl)cc1)C(=O)C1=COCCO1. The first-order chi connectivity index (χ1) is 10.7. The van der Waals surface area contributed by atoms with Gasteiger partial charge in [-0.05, 0) is 24.1 Å². The Bertz CT molecular complexity index is 513. The highest BCUT2D eigenvalue weighted by atomic mass is 35.5. The van der Waals surface area contributed by atoms with Crippen molar-refractivity contribution in [2.24, 2.45) is 0 Å². The molecule has 4 nitrogen and oxygen atoms in total. The number of carbonyl (C=O) groups excluding carboxylic acids is 1. The number of amides is 1.